The number of furan rings is 1. The molecular formula is C26H21N3O2. The molecule has 0 radical (unpaired) electrons. The highest BCUT2D eigenvalue weighted by molar-refractivity contribution is 6.48. The molecule has 0 unspecified atom stereocenters. The standard InChI is InChI=1S/C26H21N3O2/c1-17-11-18(2)13-20(12-17)24-16-29-25(22(27-24)14-19-7-4-3-5-8-19)28-23(26(29)30)15-21-9-6-10-31-21/h3-13,15-16H,14H2,1-2H3. The summed E-state index contributed by atoms with van der Waals surface area (Å²) < 4.78 is 5.37. The number of benzene rings is 2. The number of amides is 1. The summed E-state index contributed by atoms with van der Waals surface area (Å²) >= 11 is 0. The number of carbonyl (C=O) groups is 1. The summed E-state index contributed by atoms with van der Waals surface area (Å²) in [5.41, 5.74) is 6.26. The number of nitrogens with zero attached hydrogens (tertiary/aromatic N) is 3. The molecule has 5 heteroatoms. The normalized spacial score (nSPS) is 16.8. The maximum Gasteiger partial charge on any atom is 0.282 e. The van der Waals surface area contributed by atoms with Crippen molar-refractivity contribution in [2.45, 2.75) is 20.3 Å². The van der Waals surface area contributed by atoms with E-state index in [0.717, 1.165) is 33.7 Å². The molecule has 2 aliphatic heterocycles. The Bertz CT molecular complexity index is 1260. The number of carbonyl (C=O) groups excluding carboxylic acids is 1. The molecule has 5 rings (SSSR count). The maximum atomic E-state index is 13.2. The fourth-order valence-corrected chi connectivity index (χ4v) is 3.88. The SMILES string of the molecule is Cc1cc(C)cc(C2=CN3C(=O)C(=Cc4ccco4)N=C3C(Cc3ccccc3)=N2)c1. The van der Waals surface area contributed by atoms with Gasteiger partial charge in [-0.05, 0) is 43.7 Å². The zero-order valence-electron chi connectivity index (χ0n) is 17.4. The third-order valence-corrected chi connectivity index (χ3v) is 5.21. The summed E-state index contributed by atoms with van der Waals surface area (Å²) in [5.74, 6) is 0.973. The second-order valence-electron chi connectivity index (χ2n) is 7.77. The first kappa shape index (κ1) is 19.0. The molecule has 2 aliphatic rings. The molecule has 1 aromatic heterocycles. The third-order valence-electron chi connectivity index (χ3n) is 5.21. The van der Waals surface area contributed by atoms with Gasteiger partial charge in [0.15, 0.2) is 5.84 Å². The van der Waals surface area contributed by atoms with Gasteiger partial charge in [0.05, 0.1) is 17.7 Å². The van der Waals surface area contributed by atoms with E-state index in [1.807, 2.05) is 18.2 Å². The van der Waals surface area contributed by atoms with Gasteiger partial charge in [0.1, 0.15) is 11.5 Å². The van der Waals surface area contributed by atoms with Crippen LogP contribution in [0.4, 0.5) is 0 Å². The van der Waals surface area contributed by atoms with Gasteiger partial charge in [-0.1, -0.05) is 47.5 Å². The summed E-state index contributed by atoms with van der Waals surface area (Å²) in [4.78, 5) is 24.3. The van der Waals surface area contributed by atoms with E-state index in [0.29, 0.717) is 23.7 Å². The van der Waals surface area contributed by atoms with Crippen molar-refractivity contribution < 1.29 is 9.21 Å². The van der Waals surface area contributed by atoms with E-state index in [1.54, 1.807) is 35.6 Å². The lowest BCUT2D eigenvalue weighted by atomic mass is 10.0. The monoisotopic (exact) mass is 407 g/mol. The average molecular weight is 407 g/mol. The molecule has 0 aliphatic carbocycles. The van der Waals surface area contributed by atoms with Crippen molar-refractivity contribution >= 4 is 29.2 Å². The Labute approximate surface area is 180 Å². The summed E-state index contributed by atoms with van der Waals surface area (Å²) in [6, 6.07) is 20.0. The predicted octanol–water partition coefficient (Wildman–Crippen LogP) is 5.17. The molecule has 3 aromatic rings. The van der Waals surface area contributed by atoms with Crippen LogP contribution in [0.25, 0.3) is 11.8 Å². The first-order valence-corrected chi connectivity index (χ1v) is 10.2. The predicted molar refractivity (Wildman–Crippen MR) is 122 cm³/mol. The average Bonchev–Trinajstić information content (AvgIpc) is 3.37. The van der Waals surface area contributed by atoms with Crippen LogP contribution in [0, 0.1) is 13.8 Å². The fraction of sp³-hybridized carbons (Fsp3) is 0.115. The summed E-state index contributed by atoms with van der Waals surface area (Å²) in [6.07, 6.45) is 5.61. The van der Waals surface area contributed by atoms with Crippen LogP contribution >= 0.6 is 0 Å². The highest BCUT2D eigenvalue weighted by Crippen LogP contribution is 2.29. The zero-order valence-corrected chi connectivity index (χ0v) is 17.4. The molecule has 3 heterocycles. The second kappa shape index (κ2) is 7.69. The van der Waals surface area contributed by atoms with Gasteiger partial charge in [-0.2, -0.15) is 0 Å². The van der Waals surface area contributed by atoms with E-state index in [-0.39, 0.29) is 5.91 Å². The lowest BCUT2D eigenvalue weighted by Crippen LogP contribution is -2.36. The van der Waals surface area contributed by atoms with Gasteiger partial charge in [0, 0.05) is 24.3 Å². The molecule has 152 valence electrons. The molecule has 0 saturated carbocycles. The van der Waals surface area contributed by atoms with Crippen molar-refractivity contribution in [1.82, 2.24) is 4.90 Å². The summed E-state index contributed by atoms with van der Waals surface area (Å²) in [6.45, 7) is 4.12. The van der Waals surface area contributed by atoms with E-state index in [9.17, 15) is 4.79 Å². The Kier molecular flexibility index (Phi) is 4.71. The highest BCUT2D eigenvalue weighted by atomic mass is 16.3. The Morgan fingerprint density at radius 3 is 2.45 bits per heavy atom. The number of aryl methyl sites for hydroxylation is 2. The molecule has 0 N–H and O–H groups in total. The van der Waals surface area contributed by atoms with Crippen molar-refractivity contribution in [3.05, 3.63) is 107 Å². The fourth-order valence-electron chi connectivity index (χ4n) is 3.88. The summed E-state index contributed by atoms with van der Waals surface area (Å²) in [7, 11) is 0. The van der Waals surface area contributed by atoms with E-state index >= 15 is 0 Å². The second-order valence-corrected chi connectivity index (χ2v) is 7.77. The minimum absolute atomic E-state index is 0.186. The zero-order chi connectivity index (χ0) is 21.4. The van der Waals surface area contributed by atoms with Crippen LogP contribution in [-0.2, 0) is 11.2 Å². The van der Waals surface area contributed by atoms with Gasteiger partial charge in [-0.25, -0.2) is 9.98 Å². The lowest BCUT2D eigenvalue weighted by Gasteiger charge is -2.22. The minimum Gasteiger partial charge on any atom is -0.465 e. The molecule has 2 aromatic carbocycles. The third kappa shape index (κ3) is 3.78. The van der Waals surface area contributed by atoms with Crippen LogP contribution in [0.1, 0.15) is 28.0 Å². The van der Waals surface area contributed by atoms with E-state index < -0.39 is 0 Å². The first-order chi connectivity index (χ1) is 15.1. The molecule has 0 bridgehead atoms. The quantitative estimate of drug-likeness (QED) is 0.560. The summed E-state index contributed by atoms with van der Waals surface area (Å²) in [5, 5.41) is 0. The van der Waals surface area contributed by atoms with Crippen LogP contribution in [0.15, 0.2) is 93.2 Å². The first-order valence-electron chi connectivity index (χ1n) is 10.2. The minimum atomic E-state index is -0.186. The Balaban J connectivity index is 1.60. The number of amidine groups is 1. The molecule has 5 nitrogen and oxygen atoms in total. The van der Waals surface area contributed by atoms with Gasteiger partial charge in [-0.15, -0.1) is 0 Å². The van der Waals surface area contributed by atoms with Gasteiger partial charge < -0.3 is 4.42 Å². The number of hydrogen-bond donors (Lipinski definition) is 0. The molecule has 0 saturated heterocycles. The van der Waals surface area contributed by atoms with Crippen LogP contribution in [0.3, 0.4) is 0 Å². The van der Waals surface area contributed by atoms with Crippen molar-refractivity contribution in [2.75, 3.05) is 0 Å². The van der Waals surface area contributed by atoms with Gasteiger partial charge in [-0.3, -0.25) is 9.69 Å². The van der Waals surface area contributed by atoms with Crippen LogP contribution in [0.5, 0.6) is 0 Å². The topological polar surface area (TPSA) is 58.2 Å². The maximum absolute atomic E-state index is 13.2. The van der Waals surface area contributed by atoms with E-state index in [1.165, 1.54) is 0 Å². The van der Waals surface area contributed by atoms with Gasteiger partial charge in [0.2, 0.25) is 0 Å². The molecule has 0 atom stereocenters. The molecule has 0 spiro atoms. The van der Waals surface area contributed by atoms with Crippen molar-refractivity contribution in [3.63, 3.8) is 0 Å². The molecule has 31 heavy (non-hydrogen) atoms. The van der Waals surface area contributed by atoms with Crippen molar-refractivity contribution in [1.29, 1.82) is 0 Å². The van der Waals surface area contributed by atoms with E-state index in [2.05, 4.69) is 49.2 Å². The number of fused-ring (bicyclic) bond motifs is 1. The van der Waals surface area contributed by atoms with Gasteiger partial charge in [0.25, 0.3) is 5.91 Å². The van der Waals surface area contributed by atoms with Crippen molar-refractivity contribution in [3.8, 4) is 0 Å². The largest absolute Gasteiger partial charge is 0.465 e. The Morgan fingerprint density at radius 2 is 1.74 bits per heavy atom. The smallest absolute Gasteiger partial charge is 0.282 e. The van der Waals surface area contributed by atoms with Crippen LogP contribution < -0.4 is 0 Å². The number of rotatable bonds is 4. The molecular weight excluding hydrogens is 386 g/mol. The highest BCUT2D eigenvalue weighted by Gasteiger charge is 2.35. The van der Waals surface area contributed by atoms with Crippen LogP contribution in [0.2, 0.25) is 0 Å². The lowest BCUT2D eigenvalue weighted by molar-refractivity contribution is -0.120. The van der Waals surface area contributed by atoms with Crippen molar-refractivity contribution in [2.24, 2.45) is 9.98 Å². The Morgan fingerprint density at radius 1 is 0.968 bits per heavy atom. The Hall–Kier alpha value is -3.99. The van der Waals surface area contributed by atoms with Crippen LogP contribution in [-0.4, -0.2) is 22.4 Å². The number of hydrogen-bond acceptors (Lipinski definition) is 4. The molecule has 1 amide bonds. The van der Waals surface area contributed by atoms with Gasteiger partial charge >= 0.3 is 0 Å². The van der Waals surface area contributed by atoms with E-state index in [4.69, 9.17) is 9.41 Å². The number of aliphatic imine (C=N–C) groups is 2. The molecule has 0 fully saturated rings.